The van der Waals surface area contributed by atoms with Gasteiger partial charge in [-0.1, -0.05) is 44.9 Å². The maximum absolute atomic E-state index is 10.5. The third-order valence-electron chi connectivity index (χ3n) is 3.38. The zero-order valence-corrected chi connectivity index (χ0v) is 15.1. The summed E-state index contributed by atoms with van der Waals surface area (Å²) in [6.45, 7) is 3.11. The van der Waals surface area contributed by atoms with Crippen molar-refractivity contribution in [3.05, 3.63) is 0 Å². The number of hydrogen-bond donors (Lipinski definition) is 2. The molecule has 0 aromatic heterocycles. The molecule has 6 heteroatoms. The maximum Gasteiger partial charge on any atom is 0.264 e. The Morgan fingerprint density at radius 1 is 1.00 bits per heavy atom. The van der Waals surface area contributed by atoms with Crippen molar-refractivity contribution >= 4 is 10.1 Å². The van der Waals surface area contributed by atoms with Crippen molar-refractivity contribution in [2.24, 2.45) is 0 Å². The molecule has 0 saturated heterocycles. The largest absolute Gasteiger partial charge is 0.381 e. The molecule has 0 aromatic carbocycles. The van der Waals surface area contributed by atoms with E-state index in [2.05, 4.69) is 18.8 Å². The summed E-state index contributed by atoms with van der Waals surface area (Å²) >= 11 is 0. The van der Waals surface area contributed by atoms with Crippen LogP contribution >= 0.6 is 0 Å². The predicted molar refractivity (Wildman–Crippen MR) is 92.9 cm³/mol. The van der Waals surface area contributed by atoms with Crippen LogP contribution in [0.4, 0.5) is 0 Å². The molecule has 1 atom stereocenters. The lowest BCUT2D eigenvalue weighted by molar-refractivity contribution is 0.130. The quantitative estimate of drug-likeness (QED) is 0.286. The van der Waals surface area contributed by atoms with Gasteiger partial charge >= 0.3 is 0 Å². The van der Waals surface area contributed by atoms with Gasteiger partial charge in [0, 0.05) is 19.6 Å². The minimum Gasteiger partial charge on any atom is -0.381 e. The topological polar surface area (TPSA) is 83.8 Å². The van der Waals surface area contributed by atoms with Crippen LogP contribution in [-0.2, 0) is 14.9 Å². The summed E-state index contributed by atoms with van der Waals surface area (Å²) in [4.78, 5) is 0. The summed E-state index contributed by atoms with van der Waals surface area (Å²) in [6.07, 6.45) is 8.96. The number of aliphatic hydroxyl groups is 1. The number of unbranched alkanes of at least 4 members (excludes halogenated alkanes) is 6. The van der Waals surface area contributed by atoms with Crippen molar-refractivity contribution in [1.82, 2.24) is 0 Å². The Bertz CT molecular complexity index is 422. The van der Waals surface area contributed by atoms with Crippen LogP contribution in [0, 0.1) is 11.8 Å². The first-order valence-electron chi connectivity index (χ1n) is 8.65. The Hall–Kier alpha value is -0.610. The first-order chi connectivity index (χ1) is 11.0. The normalized spacial score (nSPS) is 12.7. The summed E-state index contributed by atoms with van der Waals surface area (Å²) in [5.74, 6) is 5.69. The molecule has 0 saturated carbocycles. The van der Waals surface area contributed by atoms with Gasteiger partial charge in [0.1, 0.15) is 6.10 Å². The molecule has 0 rings (SSSR count). The van der Waals surface area contributed by atoms with E-state index in [1.807, 2.05) is 0 Å². The van der Waals surface area contributed by atoms with Gasteiger partial charge in [-0.05, 0) is 25.7 Å². The fourth-order valence-electron chi connectivity index (χ4n) is 2.05. The predicted octanol–water partition coefficient (Wildman–Crippen LogP) is 3.18. The molecule has 0 amide bonds. The highest BCUT2D eigenvalue weighted by Gasteiger charge is 2.02. The average molecular weight is 349 g/mol. The second kappa shape index (κ2) is 14.9. The summed E-state index contributed by atoms with van der Waals surface area (Å²) in [6, 6.07) is 0. The molecule has 136 valence electrons. The van der Waals surface area contributed by atoms with E-state index in [-0.39, 0.29) is 5.75 Å². The van der Waals surface area contributed by atoms with Crippen molar-refractivity contribution in [3.8, 4) is 11.8 Å². The lowest BCUT2D eigenvalue weighted by Gasteiger charge is -2.03. The molecule has 0 fully saturated rings. The number of hydrogen-bond acceptors (Lipinski definition) is 4. The van der Waals surface area contributed by atoms with Gasteiger partial charge in [0.2, 0.25) is 0 Å². The zero-order chi connectivity index (χ0) is 17.4. The van der Waals surface area contributed by atoms with Gasteiger partial charge in [0.15, 0.2) is 0 Å². The lowest BCUT2D eigenvalue weighted by atomic mass is 10.1. The van der Waals surface area contributed by atoms with Crippen LogP contribution in [0.3, 0.4) is 0 Å². The Labute approximate surface area is 141 Å². The minimum absolute atomic E-state index is 0.235. The average Bonchev–Trinajstić information content (AvgIpc) is 2.48. The standard InChI is InChI=1S/C17H32O5S/c1-2-3-12-17(18)13-9-7-5-4-6-8-10-14-22-15-11-16-23(19,20)21/h17-18H,2-8,10-12,14-16H2,1H3,(H,19,20,21). The third kappa shape index (κ3) is 19.3. The molecule has 0 aliphatic carbocycles. The van der Waals surface area contributed by atoms with Gasteiger partial charge < -0.3 is 9.84 Å². The van der Waals surface area contributed by atoms with Gasteiger partial charge in [-0.2, -0.15) is 8.42 Å². The summed E-state index contributed by atoms with van der Waals surface area (Å²) in [7, 11) is -3.85. The molecule has 0 aromatic rings. The van der Waals surface area contributed by atoms with Crippen LogP contribution in [0.2, 0.25) is 0 Å². The Balaban J connectivity index is 3.26. The van der Waals surface area contributed by atoms with Crippen LogP contribution in [0.15, 0.2) is 0 Å². The van der Waals surface area contributed by atoms with Gasteiger partial charge in [0.05, 0.1) is 5.75 Å². The van der Waals surface area contributed by atoms with Crippen molar-refractivity contribution in [3.63, 3.8) is 0 Å². The fourth-order valence-corrected chi connectivity index (χ4v) is 2.54. The highest BCUT2D eigenvalue weighted by atomic mass is 32.2. The smallest absolute Gasteiger partial charge is 0.264 e. The maximum atomic E-state index is 10.5. The molecule has 0 bridgehead atoms. The van der Waals surface area contributed by atoms with Crippen LogP contribution in [0.5, 0.6) is 0 Å². The van der Waals surface area contributed by atoms with E-state index >= 15 is 0 Å². The van der Waals surface area contributed by atoms with Crippen molar-refractivity contribution in [1.29, 1.82) is 0 Å². The first-order valence-corrected chi connectivity index (χ1v) is 10.3. The second-order valence-electron chi connectivity index (χ2n) is 5.75. The Morgan fingerprint density at radius 3 is 2.35 bits per heavy atom. The Morgan fingerprint density at radius 2 is 1.65 bits per heavy atom. The molecule has 0 radical (unpaired) electrons. The van der Waals surface area contributed by atoms with E-state index in [0.29, 0.717) is 19.6 Å². The summed E-state index contributed by atoms with van der Waals surface area (Å²) in [5.41, 5.74) is 0. The molecule has 1 unspecified atom stereocenters. The molecule has 23 heavy (non-hydrogen) atoms. The molecule has 0 aliphatic rings. The molecule has 5 nitrogen and oxygen atoms in total. The molecular weight excluding hydrogens is 316 g/mol. The van der Waals surface area contributed by atoms with E-state index in [0.717, 1.165) is 57.8 Å². The van der Waals surface area contributed by atoms with Gasteiger partial charge in [-0.25, -0.2) is 0 Å². The zero-order valence-electron chi connectivity index (χ0n) is 14.3. The molecular formula is C17H32O5S. The SMILES string of the molecule is CCCCC(O)C#CCCCCCCCOCCCS(=O)(=O)O. The minimum atomic E-state index is -3.85. The van der Waals surface area contributed by atoms with Gasteiger partial charge in [0.25, 0.3) is 10.1 Å². The number of aliphatic hydroxyl groups excluding tert-OH is 1. The summed E-state index contributed by atoms with van der Waals surface area (Å²) in [5, 5.41) is 9.55. The molecule has 2 N–H and O–H groups in total. The van der Waals surface area contributed by atoms with Crippen molar-refractivity contribution in [2.75, 3.05) is 19.0 Å². The van der Waals surface area contributed by atoms with E-state index in [1.165, 1.54) is 0 Å². The van der Waals surface area contributed by atoms with Crippen LogP contribution in [0.1, 0.15) is 71.1 Å². The molecule has 0 spiro atoms. The second-order valence-corrected chi connectivity index (χ2v) is 7.32. The van der Waals surface area contributed by atoms with Crippen molar-refractivity contribution < 1.29 is 22.8 Å². The first kappa shape index (κ1) is 22.4. The molecule has 0 heterocycles. The van der Waals surface area contributed by atoms with Crippen LogP contribution in [0.25, 0.3) is 0 Å². The van der Waals surface area contributed by atoms with Gasteiger partial charge in [-0.15, -0.1) is 5.92 Å². The Kier molecular flexibility index (Phi) is 14.6. The van der Waals surface area contributed by atoms with Crippen LogP contribution < -0.4 is 0 Å². The number of ether oxygens (including phenoxy) is 1. The highest BCUT2D eigenvalue weighted by Crippen LogP contribution is 2.05. The third-order valence-corrected chi connectivity index (χ3v) is 4.19. The lowest BCUT2D eigenvalue weighted by Crippen LogP contribution is -2.07. The fraction of sp³-hybridized carbons (Fsp3) is 0.882. The van der Waals surface area contributed by atoms with E-state index < -0.39 is 16.2 Å². The van der Waals surface area contributed by atoms with Crippen LogP contribution in [-0.4, -0.2) is 43.1 Å². The van der Waals surface area contributed by atoms with E-state index in [4.69, 9.17) is 9.29 Å². The molecule has 0 aliphatic heterocycles. The monoisotopic (exact) mass is 348 g/mol. The van der Waals surface area contributed by atoms with Crippen molar-refractivity contribution in [2.45, 2.75) is 77.2 Å². The number of rotatable bonds is 14. The summed E-state index contributed by atoms with van der Waals surface area (Å²) < 4.78 is 34.8. The van der Waals surface area contributed by atoms with E-state index in [9.17, 15) is 13.5 Å². The highest BCUT2D eigenvalue weighted by molar-refractivity contribution is 7.85. The van der Waals surface area contributed by atoms with Gasteiger partial charge in [-0.3, -0.25) is 4.55 Å². The van der Waals surface area contributed by atoms with E-state index in [1.54, 1.807) is 0 Å².